The first-order valence-electron chi connectivity index (χ1n) is 7.72. The Labute approximate surface area is 180 Å². The molecule has 0 unspecified atom stereocenters. The first-order chi connectivity index (χ1) is 13.7. The maximum absolute atomic E-state index is 11.6. The van der Waals surface area contributed by atoms with Gasteiger partial charge in [-0.15, -0.1) is 5.10 Å². The molecule has 1 aromatic heterocycles. The number of nitrogens with one attached hydrogen (secondary N) is 1. The summed E-state index contributed by atoms with van der Waals surface area (Å²) >= 11 is 9.68. The monoisotopic (exact) mass is 496 g/mol. The number of aromatic nitrogens is 3. The van der Waals surface area contributed by atoms with Crippen molar-refractivity contribution in [3.8, 4) is 17.1 Å². The number of hydrogen-bond donors (Lipinski definition) is 3. The van der Waals surface area contributed by atoms with Gasteiger partial charge in [-0.2, -0.15) is 0 Å². The number of nitro groups is 1. The third kappa shape index (κ3) is 4.94. The minimum atomic E-state index is -1.31. The van der Waals surface area contributed by atoms with Gasteiger partial charge in [-0.1, -0.05) is 27.5 Å². The number of hydrogen-bond acceptors (Lipinski definition) is 7. The molecule has 0 fully saturated rings. The molecule has 1 heterocycles. The van der Waals surface area contributed by atoms with Gasteiger partial charge in [0, 0.05) is 26.7 Å². The molecule has 0 saturated heterocycles. The Morgan fingerprint density at radius 1 is 1.31 bits per heavy atom. The molecule has 0 aliphatic carbocycles. The Kier molecular flexibility index (Phi) is 6.20. The number of phenolic OH excluding ortho intramolecular Hbond substituents is 1. The standard InChI is InChI=1S/C17H10BrClN4O5S/c18-10-5-9(14(24)12(7-10)23(27)28)6-13(16(25)26)29-17-20-15(21-22-17)8-1-3-11(19)4-2-8/h1-7,24H,(H,25,26)(H,20,21,22)/b13-6-. The Hall–Kier alpha value is -2.89. The molecule has 0 bridgehead atoms. The second kappa shape index (κ2) is 8.64. The smallest absolute Gasteiger partial charge is 0.342 e. The number of thioether (sulfide) groups is 1. The van der Waals surface area contributed by atoms with Gasteiger partial charge in [-0.3, -0.25) is 15.2 Å². The normalized spacial score (nSPS) is 11.4. The van der Waals surface area contributed by atoms with Gasteiger partial charge in [0.05, 0.1) is 4.92 Å². The van der Waals surface area contributed by atoms with Crippen molar-refractivity contribution in [1.82, 2.24) is 15.2 Å². The fraction of sp³-hybridized carbons (Fsp3) is 0. The Morgan fingerprint density at radius 3 is 2.62 bits per heavy atom. The maximum atomic E-state index is 11.6. The van der Waals surface area contributed by atoms with Crippen molar-refractivity contribution in [2.24, 2.45) is 0 Å². The molecule has 0 aliphatic heterocycles. The Morgan fingerprint density at radius 2 is 2.00 bits per heavy atom. The van der Waals surface area contributed by atoms with Gasteiger partial charge in [0.1, 0.15) is 4.91 Å². The summed E-state index contributed by atoms with van der Waals surface area (Å²) in [4.78, 5) is 25.9. The van der Waals surface area contributed by atoms with Crippen LogP contribution < -0.4 is 0 Å². The molecule has 148 valence electrons. The number of aliphatic carboxylic acids is 1. The van der Waals surface area contributed by atoms with Crippen LogP contribution in [0, 0.1) is 10.1 Å². The molecular formula is C17H10BrClN4O5S. The quantitative estimate of drug-likeness (QED) is 0.192. The number of aromatic amines is 1. The summed E-state index contributed by atoms with van der Waals surface area (Å²) in [6.07, 6.45) is 1.11. The summed E-state index contributed by atoms with van der Waals surface area (Å²) in [6.45, 7) is 0. The predicted molar refractivity (Wildman–Crippen MR) is 111 cm³/mol. The number of benzene rings is 2. The van der Waals surface area contributed by atoms with Gasteiger partial charge >= 0.3 is 11.7 Å². The lowest BCUT2D eigenvalue weighted by Gasteiger charge is -2.04. The molecule has 0 aliphatic rings. The van der Waals surface area contributed by atoms with E-state index >= 15 is 0 Å². The molecule has 0 spiro atoms. The highest BCUT2D eigenvalue weighted by Crippen LogP contribution is 2.36. The van der Waals surface area contributed by atoms with E-state index in [1.807, 2.05) is 0 Å². The minimum Gasteiger partial charge on any atom is -0.502 e. The summed E-state index contributed by atoms with van der Waals surface area (Å²) in [6, 6.07) is 9.29. The van der Waals surface area contributed by atoms with Crippen LogP contribution in [-0.2, 0) is 4.79 Å². The van der Waals surface area contributed by atoms with Crippen molar-refractivity contribution < 1.29 is 19.9 Å². The Bertz CT molecular complexity index is 1130. The zero-order valence-corrected chi connectivity index (χ0v) is 17.3. The van der Waals surface area contributed by atoms with Gasteiger partial charge in [0.15, 0.2) is 5.82 Å². The molecule has 0 saturated carbocycles. The van der Waals surface area contributed by atoms with E-state index in [2.05, 4.69) is 31.1 Å². The number of phenols is 1. The number of aromatic hydroxyl groups is 1. The van der Waals surface area contributed by atoms with Crippen LogP contribution in [0.1, 0.15) is 5.56 Å². The molecular weight excluding hydrogens is 488 g/mol. The summed E-state index contributed by atoms with van der Waals surface area (Å²) in [5.41, 5.74) is 0.114. The van der Waals surface area contributed by atoms with Crippen LogP contribution in [0.15, 0.2) is 50.9 Å². The second-order valence-electron chi connectivity index (χ2n) is 5.51. The van der Waals surface area contributed by atoms with E-state index in [0.29, 0.717) is 20.9 Å². The summed E-state index contributed by atoms with van der Waals surface area (Å²) in [7, 11) is 0. The average Bonchev–Trinajstić information content (AvgIpc) is 3.12. The maximum Gasteiger partial charge on any atom is 0.342 e. The SMILES string of the molecule is O=C(O)/C(=C/c1cc(Br)cc([N+](=O)[O-])c1O)Sc1n[nH]c(-c2ccc(Cl)cc2)n1. The third-order valence-electron chi connectivity index (χ3n) is 3.56. The molecule has 12 heteroatoms. The number of H-pyrrole nitrogens is 1. The highest BCUT2D eigenvalue weighted by Gasteiger charge is 2.20. The van der Waals surface area contributed by atoms with Crippen molar-refractivity contribution >= 4 is 57.0 Å². The zero-order chi connectivity index (χ0) is 21.1. The van der Waals surface area contributed by atoms with Crippen LogP contribution >= 0.6 is 39.3 Å². The number of rotatable bonds is 6. The number of nitro benzene ring substituents is 1. The second-order valence-corrected chi connectivity index (χ2v) is 7.87. The van der Waals surface area contributed by atoms with Crippen LogP contribution in [-0.4, -0.2) is 36.3 Å². The van der Waals surface area contributed by atoms with Crippen LogP contribution in [0.5, 0.6) is 5.75 Å². The van der Waals surface area contributed by atoms with Gasteiger partial charge in [-0.25, -0.2) is 9.78 Å². The molecule has 9 nitrogen and oxygen atoms in total. The number of nitrogens with zero attached hydrogens (tertiary/aromatic N) is 3. The predicted octanol–water partition coefficient (Wildman–Crippen LogP) is 4.72. The lowest BCUT2D eigenvalue weighted by Crippen LogP contribution is -1.98. The van der Waals surface area contributed by atoms with E-state index in [1.54, 1.807) is 24.3 Å². The van der Waals surface area contributed by atoms with E-state index in [-0.39, 0.29) is 15.6 Å². The first-order valence-corrected chi connectivity index (χ1v) is 9.71. The third-order valence-corrected chi connectivity index (χ3v) is 5.15. The molecule has 0 radical (unpaired) electrons. The van der Waals surface area contributed by atoms with Crippen LogP contribution in [0.3, 0.4) is 0 Å². The van der Waals surface area contributed by atoms with Gasteiger partial charge in [0.25, 0.3) is 0 Å². The van der Waals surface area contributed by atoms with Crippen LogP contribution in [0.2, 0.25) is 5.02 Å². The fourth-order valence-electron chi connectivity index (χ4n) is 2.26. The lowest BCUT2D eigenvalue weighted by molar-refractivity contribution is -0.385. The van der Waals surface area contributed by atoms with Gasteiger partial charge < -0.3 is 10.2 Å². The van der Waals surface area contributed by atoms with E-state index in [9.17, 15) is 25.1 Å². The molecule has 0 atom stereocenters. The van der Waals surface area contributed by atoms with Crippen molar-refractivity contribution in [1.29, 1.82) is 0 Å². The van der Waals surface area contributed by atoms with Gasteiger partial charge in [0.2, 0.25) is 10.9 Å². The average molecular weight is 498 g/mol. The topological polar surface area (TPSA) is 142 Å². The fourth-order valence-corrected chi connectivity index (χ4v) is 3.55. The summed E-state index contributed by atoms with van der Waals surface area (Å²) in [5, 5.41) is 38.0. The highest BCUT2D eigenvalue weighted by atomic mass is 79.9. The number of carboxylic acid groups (broad SMARTS) is 1. The minimum absolute atomic E-state index is 0.0376. The molecule has 3 N–H and O–H groups in total. The molecule has 2 aromatic carbocycles. The van der Waals surface area contributed by atoms with E-state index < -0.39 is 22.3 Å². The first kappa shape index (κ1) is 20.8. The van der Waals surface area contributed by atoms with Crippen molar-refractivity contribution in [2.45, 2.75) is 5.16 Å². The van der Waals surface area contributed by atoms with Crippen molar-refractivity contribution in [3.05, 3.63) is 66.5 Å². The van der Waals surface area contributed by atoms with Crippen molar-refractivity contribution in [2.75, 3.05) is 0 Å². The van der Waals surface area contributed by atoms with E-state index in [1.165, 1.54) is 6.07 Å². The summed E-state index contributed by atoms with van der Waals surface area (Å²) < 4.78 is 0.311. The Balaban J connectivity index is 1.93. The van der Waals surface area contributed by atoms with Gasteiger partial charge in [-0.05, 0) is 48.2 Å². The molecule has 29 heavy (non-hydrogen) atoms. The number of carbonyl (C=O) groups is 1. The molecule has 0 amide bonds. The van der Waals surface area contributed by atoms with E-state index in [0.717, 1.165) is 23.9 Å². The summed E-state index contributed by atoms with van der Waals surface area (Å²) in [5.74, 6) is -1.54. The number of carboxylic acids is 1. The lowest BCUT2D eigenvalue weighted by atomic mass is 10.1. The molecule has 3 aromatic rings. The van der Waals surface area contributed by atoms with E-state index in [4.69, 9.17) is 11.6 Å². The van der Waals surface area contributed by atoms with Crippen LogP contribution in [0.4, 0.5) is 5.69 Å². The zero-order valence-electron chi connectivity index (χ0n) is 14.2. The largest absolute Gasteiger partial charge is 0.502 e. The highest BCUT2D eigenvalue weighted by molar-refractivity contribution is 9.10. The van der Waals surface area contributed by atoms with Crippen LogP contribution in [0.25, 0.3) is 17.5 Å². The molecule has 3 rings (SSSR count). The number of halogens is 2. The van der Waals surface area contributed by atoms with Crippen molar-refractivity contribution in [3.63, 3.8) is 0 Å².